The second-order valence-electron chi connectivity index (χ2n) is 7.06. The highest BCUT2D eigenvalue weighted by molar-refractivity contribution is 7.89. The van der Waals surface area contributed by atoms with Gasteiger partial charge in [0.05, 0.1) is 10.9 Å². The number of nitrogens with zero attached hydrogens (tertiary/aromatic N) is 1. The Hall–Kier alpha value is -1.62. The van der Waals surface area contributed by atoms with Crippen molar-refractivity contribution >= 4 is 21.6 Å². The molecule has 1 fully saturated rings. The van der Waals surface area contributed by atoms with E-state index in [0.717, 1.165) is 17.5 Å². The van der Waals surface area contributed by atoms with Gasteiger partial charge in [-0.1, -0.05) is 59.7 Å². The molecule has 26 heavy (non-hydrogen) atoms. The van der Waals surface area contributed by atoms with Crippen molar-refractivity contribution in [3.05, 3.63) is 77.4 Å². The van der Waals surface area contributed by atoms with Gasteiger partial charge in [0, 0.05) is 24.3 Å². The van der Waals surface area contributed by atoms with Gasteiger partial charge in [-0.15, -0.1) is 11.6 Å². The van der Waals surface area contributed by atoms with Gasteiger partial charge in [-0.05, 0) is 31.0 Å². The van der Waals surface area contributed by atoms with Crippen LogP contribution in [0.4, 0.5) is 0 Å². The SMILES string of the molecule is Cc1ccc(S(=O)(=O)N2CCC=C3[C@@H](CCl)[C@H](c4ccccc4)[C@@H]32)cc1. The molecular formula is C21H22ClNO2S. The Labute approximate surface area is 160 Å². The van der Waals surface area contributed by atoms with Crippen LogP contribution in [0, 0.1) is 12.8 Å². The Kier molecular flexibility index (Phi) is 4.68. The topological polar surface area (TPSA) is 37.4 Å². The molecule has 1 heterocycles. The molecule has 0 radical (unpaired) electrons. The third-order valence-corrected chi connectivity index (χ3v) is 7.79. The Morgan fingerprint density at radius 2 is 1.77 bits per heavy atom. The van der Waals surface area contributed by atoms with Crippen molar-refractivity contribution in [1.29, 1.82) is 0 Å². The second-order valence-corrected chi connectivity index (χ2v) is 9.26. The zero-order chi connectivity index (χ0) is 18.3. The van der Waals surface area contributed by atoms with Crippen molar-refractivity contribution in [2.75, 3.05) is 12.4 Å². The van der Waals surface area contributed by atoms with Gasteiger partial charge in [-0.25, -0.2) is 8.42 Å². The molecule has 0 spiro atoms. The van der Waals surface area contributed by atoms with Crippen molar-refractivity contribution in [2.45, 2.75) is 30.2 Å². The maximum absolute atomic E-state index is 13.3. The van der Waals surface area contributed by atoms with Crippen LogP contribution in [0.25, 0.3) is 0 Å². The smallest absolute Gasteiger partial charge is 0.207 e. The molecule has 0 bridgehead atoms. The number of benzene rings is 2. The lowest BCUT2D eigenvalue weighted by molar-refractivity contribution is 0.190. The summed E-state index contributed by atoms with van der Waals surface area (Å²) in [4.78, 5) is 0.366. The van der Waals surface area contributed by atoms with Gasteiger partial charge in [0.25, 0.3) is 0 Å². The van der Waals surface area contributed by atoms with Gasteiger partial charge in [-0.2, -0.15) is 4.31 Å². The number of halogens is 1. The lowest BCUT2D eigenvalue weighted by Gasteiger charge is -2.53. The molecule has 0 aromatic heterocycles. The van der Waals surface area contributed by atoms with Crippen LogP contribution in [0.15, 0.2) is 71.1 Å². The van der Waals surface area contributed by atoms with Gasteiger partial charge >= 0.3 is 0 Å². The highest BCUT2D eigenvalue weighted by Crippen LogP contribution is 2.53. The number of alkyl halides is 1. The van der Waals surface area contributed by atoms with Crippen LogP contribution in [-0.2, 0) is 10.0 Å². The minimum Gasteiger partial charge on any atom is -0.207 e. The first-order valence-electron chi connectivity index (χ1n) is 8.93. The maximum Gasteiger partial charge on any atom is 0.243 e. The summed E-state index contributed by atoms with van der Waals surface area (Å²) in [6.45, 7) is 2.48. The van der Waals surface area contributed by atoms with Crippen LogP contribution in [0.5, 0.6) is 0 Å². The lowest BCUT2D eigenvalue weighted by Crippen LogP contribution is -2.57. The van der Waals surface area contributed by atoms with E-state index in [1.54, 1.807) is 16.4 Å². The molecule has 3 nitrogen and oxygen atoms in total. The van der Waals surface area contributed by atoms with Gasteiger partial charge in [0.2, 0.25) is 10.0 Å². The molecule has 2 aliphatic rings. The highest BCUT2D eigenvalue weighted by Gasteiger charge is 2.53. The van der Waals surface area contributed by atoms with Crippen LogP contribution >= 0.6 is 11.6 Å². The van der Waals surface area contributed by atoms with Crippen molar-refractivity contribution < 1.29 is 8.42 Å². The van der Waals surface area contributed by atoms with E-state index in [-0.39, 0.29) is 17.9 Å². The summed E-state index contributed by atoms with van der Waals surface area (Å²) < 4.78 is 28.3. The predicted molar refractivity (Wildman–Crippen MR) is 105 cm³/mol. The van der Waals surface area contributed by atoms with E-state index < -0.39 is 10.0 Å². The summed E-state index contributed by atoms with van der Waals surface area (Å²) in [5.74, 6) is 0.834. The molecule has 3 atom stereocenters. The van der Waals surface area contributed by atoms with Crippen LogP contribution in [0.3, 0.4) is 0 Å². The molecule has 0 amide bonds. The Morgan fingerprint density at radius 1 is 1.08 bits per heavy atom. The number of rotatable bonds is 4. The third kappa shape index (κ3) is 2.81. The molecule has 0 unspecified atom stereocenters. The van der Waals surface area contributed by atoms with Crippen LogP contribution in [-0.4, -0.2) is 31.2 Å². The Balaban J connectivity index is 1.74. The van der Waals surface area contributed by atoms with Gasteiger partial charge in [-0.3, -0.25) is 0 Å². The van der Waals surface area contributed by atoms with E-state index in [9.17, 15) is 8.42 Å². The van der Waals surface area contributed by atoms with E-state index in [2.05, 4.69) is 18.2 Å². The normalized spacial score (nSPS) is 25.9. The number of hydrogen-bond acceptors (Lipinski definition) is 2. The molecule has 4 rings (SSSR count). The molecule has 2 aromatic carbocycles. The van der Waals surface area contributed by atoms with Crippen LogP contribution < -0.4 is 0 Å². The molecule has 1 saturated carbocycles. The average molecular weight is 388 g/mol. The minimum absolute atomic E-state index is 0.112. The number of fused-ring (bicyclic) bond motifs is 1. The molecule has 1 aliphatic heterocycles. The summed E-state index contributed by atoms with van der Waals surface area (Å²) in [6, 6.07) is 17.1. The zero-order valence-corrected chi connectivity index (χ0v) is 16.2. The second kappa shape index (κ2) is 6.84. The fourth-order valence-electron chi connectivity index (χ4n) is 4.24. The summed E-state index contributed by atoms with van der Waals surface area (Å²) in [6.07, 6.45) is 2.93. The van der Waals surface area contributed by atoms with E-state index in [0.29, 0.717) is 17.3 Å². The molecule has 0 N–H and O–H groups in total. The van der Waals surface area contributed by atoms with Gasteiger partial charge in [0.15, 0.2) is 0 Å². The fourth-order valence-corrected chi connectivity index (χ4v) is 6.26. The first-order chi connectivity index (χ1) is 12.5. The van der Waals surface area contributed by atoms with Crippen LogP contribution in [0.1, 0.15) is 23.5 Å². The first kappa shape index (κ1) is 17.8. The van der Waals surface area contributed by atoms with E-state index in [4.69, 9.17) is 11.6 Å². The predicted octanol–water partition coefficient (Wildman–Crippen LogP) is 4.34. The van der Waals surface area contributed by atoms with Crippen molar-refractivity contribution in [1.82, 2.24) is 4.31 Å². The van der Waals surface area contributed by atoms with Gasteiger partial charge in [0.1, 0.15) is 0 Å². The van der Waals surface area contributed by atoms with Crippen molar-refractivity contribution in [3.8, 4) is 0 Å². The fraction of sp³-hybridized carbons (Fsp3) is 0.333. The van der Waals surface area contributed by atoms with Crippen molar-refractivity contribution in [3.63, 3.8) is 0 Å². The van der Waals surface area contributed by atoms with Crippen molar-refractivity contribution in [2.24, 2.45) is 5.92 Å². The molecular weight excluding hydrogens is 366 g/mol. The maximum atomic E-state index is 13.3. The molecule has 136 valence electrons. The highest BCUT2D eigenvalue weighted by atomic mass is 35.5. The summed E-state index contributed by atoms with van der Waals surface area (Å²) in [5, 5.41) is 0. The Morgan fingerprint density at radius 3 is 2.42 bits per heavy atom. The number of sulfonamides is 1. The third-order valence-electron chi connectivity index (χ3n) is 5.56. The monoisotopic (exact) mass is 387 g/mol. The summed E-state index contributed by atoms with van der Waals surface area (Å²) in [5.41, 5.74) is 3.39. The molecule has 5 heteroatoms. The molecule has 0 saturated heterocycles. The average Bonchev–Trinajstić information content (AvgIpc) is 2.64. The van der Waals surface area contributed by atoms with Crippen LogP contribution in [0.2, 0.25) is 0 Å². The summed E-state index contributed by atoms with van der Waals surface area (Å²) >= 11 is 6.26. The van der Waals surface area contributed by atoms with E-state index in [1.165, 1.54) is 5.57 Å². The largest absolute Gasteiger partial charge is 0.243 e. The number of hydrogen-bond donors (Lipinski definition) is 0. The van der Waals surface area contributed by atoms with E-state index in [1.807, 2.05) is 37.3 Å². The molecule has 1 aliphatic carbocycles. The standard InChI is InChI=1S/C21H22ClNO2S/c1-15-9-11-17(12-10-15)26(24,25)23-13-5-8-18-19(14-22)20(21(18)23)16-6-3-2-4-7-16/h2-4,6-12,19-21H,5,13-14H2,1H3/t19-,20+,21-/m1/s1. The minimum atomic E-state index is -3.53. The quantitative estimate of drug-likeness (QED) is 0.578. The van der Waals surface area contributed by atoms with Gasteiger partial charge < -0.3 is 0 Å². The number of aryl methyl sites for hydroxylation is 1. The summed E-state index contributed by atoms with van der Waals surface area (Å²) in [7, 11) is -3.53. The Bertz CT molecular complexity index is 922. The lowest BCUT2D eigenvalue weighted by atomic mass is 9.61. The zero-order valence-electron chi connectivity index (χ0n) is 14.7. The first-order valence-corrected chi connectivity index (χ1v) is 10.9. The van der Waals surface area contributed by atoms with E-state index >= 15 is 0 Å². The molecule has 2 aromatic rings.